The highest BCUT2D eigenvalue weighted by molar-refractivity contribution is 5.96. The molecule has 8 rings (SSSR count). The van der Waals surface area contributed by atoms with Crippen LogP contribution in [0.25, 0.3) is 43.1 Å². The van der Waals surface area contributed by atoms with Gasteiger partial charge in [0.25, 0.3) is 0 Å². The molecule has 0 aliphatic carbocycles. The number of benzene rings is 8. The molecule has 0 amide bonds. The van der Waals surface area contributed by atoms with E-state index in [-0.39, 0.29) is 0 Å². The minimum absolute atomic E-state index is 0.624. The Morgan fingerprint density at radius 3 is 1.02 bits per heavy atom. The lowest BCUT2D eigenvalue weighted by atomic mass is 10.1. The summed E-state index contributed by atoms with van der Waals surface area (Å²) in [6.07, 6.45) is 0. The fourth-order valence-corrected chi connectivity index (χ4v) is 5.73. The van der Waals surface area contributed by atoms with Crippen molar-refractivity contribution in [1.29, 1.82) is 0 Å². The van der Waals surface area contributed by atoms with E-state index in [1.807, 2.05) is 84.9 Å². The van der Waals surface area contributed by atoms with Crippen LogP contribution in [0.1, 0.15) is 0 Å². The first-order valence-electron chi connectivity index (χ1n) is 14.3. The molecule has 3 nitrogen and oxygen atoms in total. The van der Waals surface area contributed by atoms with Crippen molar-refractivity contribution in [2.75, 3.05) is 0 Å². The summed E-state index contributed by atoms with van der Waals surface area (Å²) in [7, 11) is 0. The summed E-state index contributed by atoms with van der Waals surface area (Å²) >= 11 is 0. The Morgan fingerprint density at radius 2 is 0.581 bits per heavy atom. The highest BCUT2D eigenvalue weighted by Gasteiger charge is 2.19. The van der Waals surface area contributed by atoms with Crippen molar-refractivity contribution in [1.82, 2.24) is 0 Å². The molecule has 0 N–H and O–H groups in total. The summed E-state index contributed by atoms with van der Waals surface area (Å²) in [5.41, 5.74) is 0. The molecule has 0 aliphatic heterocycles. The van der Waals surface area contributed by atoms with Crippen LogP contribution in [-0.2, 0) is 0 Å². The van der Waals surface area contributed by atoms with Crippen LogP contribution in [0.2, 0.25) is 0 Å². The molecule has 0 radical (unpaired) electrons. The average molecular weight is 555 g/mol. The Labute approximate surface area is 249 Å². The fourth-order valence-electron chi connectivity index (χ4n) is 5.73. The smallest absolute Gasteiger partial charge is 0.177 e. The second-order valence-corrected chi connectivity index (χ2v) is 10.5. The van der Waals surface area contributed by atoms with Gasteiger partial charge in [-0.15, -0.1) is 0 Å². The van der Waals surface area contributed by atoms with Crippen LogP contribution in [-0.4, -0.2) is 0 Å². The Morgan fingerprint density at radius 1 is 0.233 bits per heavy atom. The van der Waals surface area contributed by atoms with Crippen molar-refractivity contribution in [3.8, 4) is 34.5 Å². The van der Waals surface area contributed by atoms with E-state index in [0.717, 1.165) is 54.6 Å². The van der Waals surface area contributed by atoms with Gasteiger partial charge in [0, 0.05) is 21.5 Å². The zero-order valence-electron chi connectivity index (χ0n) is 23.2. The topological polar surface area (TPSA) is 27.7 Å². The largest absolute Gasteiger partial charge is 0.453 e. The highest BCUT2D eigenvalue weighted by atomic mass is 16.5. The van der Waals surface area contributed by atoms with Crippen LogP contribution in [0.3, 0.4) is 0 Å². The van der Waals surface area contributed by atoms with E-state index in [4.69, 9.17) is 14.2 Å². The third kappa shape index (κ3) is 4.58. The maximum atomic E-state index is 6.99. The van der Waals surface area contributed by atoms with Crippen LogP contribution in [0.4, 0.5) is 0 Å². The molecule has 0 saturated carbocycles. The summed E-state index contributed by atoms with van der Waals surface area (Å²) in [5.74, 6) is 4.04. The van der Waals surface area contributed by atoms with Crippen LogP contribution in [0.15, 0.2) is 158 Å². The third-order valence-corrected chi connectivity index (χ3v) is 7.83. The standard InChI is InChI=1S/C40H26O3/c1-5-17-31-27(11-1)15-9-21-35(31)41-37-25-23-29-13-3-7-19-33(29)39(37)43-40-34-20-8-4-14-30(34)24-26-38(40)42-36-22-10-16-28-12-2-6-18-32(28)36/h1-26H. The average Bonchev–Trinajstić information content (AvgIpc) is 3.07. The molecular weight excluding hydrogens is 528 g/mol. The van der Waals surface area contributed by atoms with Crippen molar-refractivity contribution in [3.63, 3.8) is 0 Å². The summed E-state index contributed by atoms with van der Waals surface area (Å²) in [6, 6.07) is 53.2. The van der Waals surface area contributed by atoms with Crippen LogP contribution in [0, 0.1) is 0 Å². The van der Waals surface area contributed by atoms with Crippen molar-refractivity contribution in [3.05, 3.63) is 158 Å². The lowest BCUT2D eigenvalue weighted by Crippen LogP contribution is -1.96. The summed E-state index contributed by atoms with van der Waals surface area (Å²) < 4.78 is 20.3. The highest BCUT2D eigenvalue weighted by Crippen LogP contribution is 2.47. The third-order valence-electron chi connectivity index (χ3n) is 7.83. The number of fused-ring (bicyclic) bond motifs is 4. The van der Waals surface area contributed by atoms with Crippen molar-refractivity contribution in [2.45, 2.75) is 0 Å². The maximum absolute atomic E-state index is 6.99. The monoisotopic (exact) mass is 554 g/mol. The summed E-state index contributed by atoms with van der Waals surface area (Å²) in [4.78, 5) is 0. The zero-order chi connectivity index (χ0) is 28.6. The first-order valence-corrected chi connectivity index (χ1v) is 14.3. The van der Waals surface area contributed by atoms with Gasteiger partial charge < -0.3 is 14.2 Å². The summed E-state index contributed by atoms with van der Waals surface area (Å²) in [6.45, 7) is 0. The van der Waals surface area contributed by atoms with Crippen molar-refractivity contribution >= 4 is 43.1 Å². The molecule has 3 heteroatoms. The lowest BCUT2D eigenvalue weighted by molar-refractivity contribution is 0.403. The van der Waals surface area contributed by atoms with Crippen molar-refractivity contribution in [2.24, 2.45) is 0 Å². The van der Waals surface area contributed by atoms with Gasteiger partial charge >= 0.3 is 0 Å². The Hall–Kier alpha value is -5.80. The van der Waals surface area contributed by atoms with E-state index in [1.54, 1.807) is 0 Å². The molecule has 43 heavy (non-hydrogen) atoms. The molecule has 204 valence electrons. The Balaban J connectivity index is 1.31. The van der Waals surface area contributed by atoms with Gasteiger partial charge in [-0.3, -0.25) is 0 Å². The van der Waals surface area contributed by atoms with Gasteiger partial charge in [0.2, 0.25) is 0 Å². The van der Waals surface area contributed by atoms with Gasteiger partial charge in [0.1, 0.15) is 11.5 Å². The Bertz CT molecular complexity index is 2110. The normalized spacial score (nSPS) is 11.3. The van der Waals surface area contributed by atoms with Gasteiger partial charge in [-0.05, 0) is 45.8 Å². The molecule has 0 unspecified atom stereocenters. The minimum atomic E-state index is 0.624. The zero-order valence-corrected chi connectivity index (χ0v) is 23.2. The number of hydrogen-bond acceptors (Lipinski definition) is 3. The van der Waals surface area contributed by atoms with Gasteiger partial charge in [0.05, 0.1) is 0 Å². The Kier molecular flexibility index (Phi) is 6.12. The quantitative estimate of drug-likeness (QED) is 0.205. The number of hydrogen-bond donors (Lipinski definition) is 0. The molecule has 0 spiro atoms. The second kappa shape index (κ2) is 10.6. The molecule has 0 bridgehead atoms. The molecule has 0 fully saturated rings. The van der Waals surface area contributed by atoms with Gasteiger partial charge in [-0.1, -0.05) is 133 Å². The van der Waals surface area contributed by atoms with Gasteiger partial charge in [-0.2, -0.15) is 0 Å². The molecule has 0 saturated heterocycles. The van der Waals surface area contributed by atoms with E-state index in [9.17, 15) is 0 Å². The SMILES string of the molecule is c1ccc2c(Oc3ccc4ccccc4c3Oc3c(Oc4cccc5ccccc45)ccc4ccccc34)cccc2c1. The van der Waals surface area contributed by atoms with E-state index in [0.29, 0.717) is 23.0 Å². The fraction of sp³-hybridized carbons (Fsp3) is 0. The molecule has 8 aromatic carbocycles. The van der Waals surface area contributed by atoms with Crippen LogP contribution < -0.4 is 14.2 Å². The predicted octanol–water partition coefficient (Wildman–Crippen LogP) is 11.7. The summed E-state index contributed by atoms with van der Waals surface area (Å²) in [5, 5.41) is 8.31. The minimum Gasteiger partial charge on any atom is -0.453 e. The van der Waals surface area contributed by atoms with Gasteiger partial charge in [0.15, 0.2) is 23.0 Å². The maximum Gasteiger partial charge on any atom is 0.177 e. The molecule has 0 aliphatic rings. The van der Waals surface area contributed by atoms with E-state index < -0.39 is 0 Å². The van der Waals surface area contributed by atoms with Crippen molar-refractivity contribution < 1.29 is 14.2 Å². The first-order chi connectivity index (χ1) is 21.3. The van der Waals surface area contributed by atoms with Crippen LogP contribution >= 0.6 is 0 Å². The molecule has 8 aromatic rings. The molecular formula is C40H26O3. The first kappa shape index (κ1) is 25.0. The number of ether oxygens (including phenoxy) is 3. The molecule has 0 heterocycles. The predicted molar refractivity (Wildman–Crippen MR) is 176 cm³/mol. The molecule has 0 atom stereocenters. The second-order valence-electron chi connectivity index (χ2n) is 10.5. The van der Waals surface area contributed by atoms with E-state index >= 15 is 0 Å². The van der Waals surface area contributed by atoms with Gasteiger partial charge in [-0.25, -0.2) is 0 Å². The molecule has 0 aromatic heterocycles. The van der Waals surface area contributed by atoms with E-state index in [2.05, 4.69) is 72.8 Å². The lowest BCUT2D eigenvalue weighted by Gasteiger charge is -2.19. The number of rotatable bonds is 6. The van der Waals surface area contributed by atoms with Crippen LogP contribution in [0.5, 0.6) is 34.5 Å². The van der Waals surface area contributed by atoms with E-state index in [1.165, 1.54) is 0 Å².